The summed E-state index contributed by atoms with van der Waals surface area (Å²) in [7, 11) is 0. The lowest BCUT2D eigenvalue weighted by atomic mass is 10.2. The van der Waals surface area contributed by atoms with E-state index in [4.69, 9.17) is 4.74 Å². The molecule has 0 amide bonds. The van der Waals surface area contributed by atoms with Crippen LogP contribution in [0.25, 0.3) is 0 Å². The van der Waals surface area contributed by atoms with E-state index in [9.17, 15) is 13.6 Å². The van der Waals surface area contributed by atoms with Crippen molar-refractivity contribution < 1.29 is 18.3 Å². The zero-order valence-electron chi connectivity index (χ0n) is 8.84. The van der Waals surface area contributed by atoms with Gasteiger partial charge in [-0.2, -0.15) is 0 Å². The molecular formula is C10H9BrF2INO2. The summed E-state index contributed by atoms with van der Waals surface area (Å²) in [6.45, 7) is 1.93. The predicted octanol–water partition coefficient (Wildman–Crippen LogP) is 3.49. The van der Waals surface area contributed by atoms with Gasteiger partial charge in [-0.05, 0) is 51.5 Å². The SMILES string of the molecule is CCOC(=O)Cc1nc(C(F)F)c(I)cc1Br. The number of ether oxygens (including phenoxy) is 1. The van der Waals surface area contributed by atoms with Gasteiger partial charge in [-0.3, -0.25) is 4.79 Å². The van der Waals surface area contributed by atoms with Gasteiger partial charge in [-0.1, -0.05) is 0 Å². The number of carbonyl (C=O) groups is 1. The largest absolute Gasteiger partial charge is 0.466 e. The maximum atomic E-state index is 12.6. The third-order valence-electron chi connectivity index (χ3n) is 1.85. The second-order valence-electron chi connectivity index (χ2n) is 3.07. The summed E-state index contributed by atoms with van der Waals surface area (Å²) in [4.78, 5) is 15.0. The van der Waals surface area contributed by atoms with Gasteiger partial charge in [0.2, 0.25) is 0 Å². The molecule has 1 aromatic heterocycles. The molecule has 0 unspecified atom stereocenters. The molecule has 0 saturated heterocycles. The molecule has 0 bridgehead atoms. The highest BCUT2D eigenvalue weighted by Gasteiger charge is 2.18. The van der Waals surface area contributed by atoms with Crippen LogP contribution >= 0.6 is 38.5 Å². The Morgan fingerprint density at radius 1 is 1.65 bits per heavy atom. The van der Waals surface area contributed by atoms with Gasteiger partial charge in [0.05, 0.1) is 18.7 Å². The number of alkyl halides is 2. The molecule has 0 radical (unpaired) electrons. The number of aromatic nitrogens is 1. The lowest BCUT2D eigenvalue weighted by Crippen LogP contribution is -2.11. The fourth-order valence-corrected chi connectivity index (χ4v) is 2.70. The van der Waals surface area contributed by atoms with Crippen LogP contribution in [-0.2, 0) is 16.0 Å². The van der Waals surface area contributed by atoms with Gasteiger partial charge in [0.25, 0.3) is 6.43 Å². The number of halogens is 4. The summed E-state index contributed by atoms with van der Waals surface area (Å²) < 4.78 is 30.9. The minimum atomic E-state index is -2.66. The second-order valence-corrected chi connectivity index (χ2v) is 5.08. The average Bonchev–Trinajstić information content (AvgIpc) is 2.21. The molecular weight excluding hydrogens is 411 g/mol. The Bertz CT molecular complexity index is 429. The number of esters is 1. The van der Waals surface area contributed by atoms with Gasteiger partial charge < -0.3 is 4.74 Å². The van der Waals surface area contributed by atoms with Crippen LogP contribution in [0.5, 0.6) is 0 Å². The number of hydrogen-bond donors (Lipinski definition) is 0. The van der Waals surface area contributed by atoms with Gasteiger partial charge in [-0.15, -0.1) is 0 Å². The van der Waals surface area contributed by atoms with Crippen LogP contribution in [0.1, 0.15) is 24.7 Å². The van der Waals surface area contributed by atoms with E-state index in [0.717, 1.165) is 0 Å². The van der Waals surface area contributed by atoms with E-state index in [1.54, 1.807) is 29.5 Å². The number of hydrogen-bond acceptors (Lipinski definition) is 3. The molecule has 0 aliphatic heterocycles. The Labute approximate surface area is 119 Å². The Kier molecular flexibility index (Phi) is 5.71. The van der Waals surface area contributed by atoms with E-state index < -0.39 is 12.4 Å². The highest BCUT2D eigenvalue weighted by Crippen LogP contribution is 2.27. The van der Waals surface area contributed by atoms with Crippen LogP contribution in [0.2, 0.25) is 0 Å². The summed E-state index contributed by atoms with van der Waals surface area (Å²) in [6.07, 6.45) is -2.78. The Hall–Kier alpha value is -0.310. The highest BCUT2D eigenvalue weighted by atomic mass is 127. The molecule has 0 atom stereocenters. The molecule has 1 heterocycles. The molecule has 0 N–H and O–H groups in total. The molecule has 0 aromatic carbocycles. The molecule has 1 aromatic rings. The topological polar surface area (TPSA) is 39.2 Å². The summed E-state index contributed by atoms with van der Waals surface area (Å²) in [5.41, 5.74) is -0.0488. The first-order chi connectivity index (χ1) is 7.95. The van der Waals surface area contributed by atoms with Crippen LogP contribution in [0, 0.1) is 3.57 Å². The number of pyridine rings is 1. The van der Waals surface area contributed by atoms with Crippen molar-refractivity contribution in [3.05, 3.63) is 25.5 Å². The van der Waals surface area contributed by atoms with Crippen LogP contribution in [0.3, 0.4) is 0 Å². The Morgan fingerprint density at radius 3 is 2.82 bits per heavy atom. The van der Waals surface area contributed by atoms with E-state index in [0.29, 0.717) is 8.04 Å². The van der Waals surface area contributed by atoms with E-state index in [2.05, 4.69) is 20.9 Å². The molecule has 0 aliphatic rings. The minimum absolute atomic E-state index is 0.120. The zero-order valence-corrected chi connectivity index (χ0v) is 12.6. The first-order valence-corrected chi connectivity index (χ1v) is 6.61. The maximum absolute atomic E-state index is 12.6. The molecule has 1 rings (SSSR count). The van der Waals surface area contributed by atoms with Crippen molar-refractivity contribution in [2.45, 2.75) is 19.8 Å². The lowest BCUT2D eigenvalue weighted by molar-refractivity contribution is -0.142. The zero-order chi connectivity index (χ0) is 13.0. The molecule has 0 fully saturated rings. The third kappa shape index (κ3) is 4.13. The molecule has 94 valence electrons. The van der Waals surface area contributed by atoms with Crippen molar-refractivity contribution >= 4 is 44.5 Å². The molecule has 0 aliphatic carbocycles. The van der Waals surface area contributed by atoms with Gasteiger partial charge in [-0.25, -0.2) is 13.8 Å². The van der Waals surface area contributed by atoms with Crippen molar-refractivity contribution in [1.29, 1.82) is 0 Å². The van der Waals surface area contributed by atoms with Crippen molar-refractivity contribution in [3.8, 4) is 0 Å². The number of carbonyl (C=O) groups excluding carboxylic acids is 1. The van der Waals surface area contributed by atoms with E-state index in [1.807, 2.05) is 0 Å². The van der Waals surface area contributed by atoms with Crippen molar-refractivity contribution in [2.24, 2.45) is 0 Å². The summed E-state index contributed by atoms with van der Waals surface area (Å²) >= 11 is 4.97. The minimum Gasteiger partial charge on any atom is -0.466 e. The number of rotatable bonds is 4. The van der Waals surface area contributed by atoms with E-state index >= 15 is 0 Å². The third-order valence-corrected chi connectivity index (χ3v) is 3.40. The smallest absolute Gasteiger partial charge is 0.311 e. The quantitative estimate of drug-likeness (QED) is 0.554. The first kappa shape index (κ1) is 14.7. The maximum Gasteiger partial charge on any atom is 0.311 e. The van der Waals surface area contributed by atoms with Crippen molar-refractivity contribution in [1.82, 2.24) is 4.98 Å². The molecule has 0 saturated carbocycles. The van der Waals surface area contributed by atoms with E-state index in [-0.39, 0.29) is 24.4 Å². The fourth-order valence-electron chi connectivity index (χ4n) is 1.15. The normalized spacial score (nSPS) is 10.7. The summed E-state index contributed by atoms with van der Waals surface area (Å²) in [5, 5.41) is 0. The van der Waals surface area contributed by atoms with Gasteiger partial charge >= 0.3 is 5.97 Å². The second kappa shape index (κ2) is 6.58. The predicted molar refractivity (Wildman–Crippen MR) is 69.9 cm³/mol. The lowest BCUT2D eigenvalue weighted by Gasteiger charge is -2.08. The highest BCUT2D eigenvalue weighted by molar-refractivity contribution is 14.1. The van der Waals surface area contributed by atoms with Crippen LogP contribution in [-0.4, -0.2) is 17.6 Å². The molecule has 3 nitrogen and oxygen atoms in total. The van der Waals surface area contributed by atoms with E-state index in [1.165, 1.54) is 6.07 Å². The Morgan fingerprint density at radius 2 is 2.29 bits per heavy atom. The van der Waals surface area contributed by atoms with Crippen molar-refractivity contribution in [2.75, 3.05) is 6.61 Å². The molecule has 0 spiro atoms. The fraction of sp³-hybridized carbons (Fsp3) is 0.400. The van der Waals surface area contributed by atoms with Crippen LogP contribution in [0.4, 0.5) is 8.78 Å². The average molecular weight is 420 g/mol. The number of nitrogens with zero attached hydrogens (tertiary/aromatic N) is 1. The van der Waals surface area contributed by atoms with Gasteiger partial charge in [0.15, 0.2) is 0 Å². The summed E-state index contributed by atoms with van der Waals surface area (Å²) in [6, 6.07) is 1.52. The summed E-state index contributed by atoms with van der Waals surface area (Å²) in [5.74, 6) is -0.484. The molecule has 17 heavy (non-hydrogen) atoms. The van der Waals surface area contributed by atoms with Gasteiger partial charge in [0.1, 0.15) is 5.69 Å². The van der Waals surface area contributed by atoms with Gasteiger partial charge in [0, 0.05) is 8.04 Å². The standard InChI is InChI=1S/C10H9BrF2INO2/c1-2-17-8(16)4-7-5(11)3-6(14)9(15-7)10(12)13/h3,10H,2,4H2,1H3. The first-order valence-electron chi connectivity index (χ1n) is 4.74. The molecule has 7 heteroatoms. The van der Waals surface area contributed by atoms with Crippen molar-refractivity contribution in [3.63, 3.8) is 0 Å². The van der Waals surface area contributed by atoms with Crippen LogP contribution < -0.4 is 0 Å². The Balaban J connectivity index is 2.99. The van der Waals surface area contributed by atoms with Crippen LogP contribution in [0.15, 0.2) is 10.5 Å². The monoisotopic (exact) mass is 419 g/mol.